The van der Waals surface area contributed by atoms with Crippen molar-refractivity contribution in [1.82, 2.24) is 25.0 Å². The van der Waals surface area contributed by atoms with E-state index in [2.05, 4.69) is 20.1 Å². The lowest BCUT2D eigenvalue weighted by atomic mass is 9.93. The summed E-state index contributed by atoms with van der Waals surface area (Å²) < 4.78 is 5.21. The lowest BCUT2D eigenvalue weighted by Gasteiger charge is -2.31. The number of aryl methyl sites for hydroxylation is 1. The molecule has 0 aliphatic carbocycles. The molecule has 8 heteroatoms. The van der Waals surface area contributed by atoms with Crippen molar-refractivity contribution in [2.45, 2.75) is 25.7 Å². The number of nitrogens with one attached hydrogen (secondary N) is 1. The largest absolute Gasteiger partial charge is 0.348 e. The number of amides is 1. The molecule has 0 bridgehead atoms. The second-order valence-corrected chi connectivity index (χ2v) is 6.21. The van der Waals surface area contributed by atoms with Crippen molar-refractivity contribution >= 4 is 16.9 Å². The zero-order valence-electron chi connectivity index (χ0n) is 13.7. The first-order chi connectivity index (χ1) is 12.1. The number of rotatable bonds is 2. The van der Waals surface area contributed by atoms with E-state index in [1.807, 2.05) is 0 Å². The van der Waals surface area contributed by atoms with Gasteiger partial charge in [0.15, 0.2) is 0 Å². The molecule has 1 saturated heterocycles. The maximum Gasteiger partial charge on any atom is 0.293 e. The third kappa shape index (κ3) is 2.90. The van der Waals surface area contributed by atoms with Crippen LogP contribution in [0.5, 0.6) is 0 Å². The lowest BCUT2D eigenvalue weighted by Crippen LogP contribution is -2.38. The first-order valence-electron chi connectivity index (χ1n) is 8.19. The molecular weight excluding hydrogens is 322 g/mol. The zero-order chi connectivity index (χ0) is 17.4. The molecule has 0 radical (unpaired) electrons. The zero-order valence-corrected chi connectivity index (χ0v) is 13.7. The molecule has 1 aliphatic rings. The third-order valence-electron chi connectivity index (χ3n) is 4.53. The van der Waals surface area contributed by atoms with Crippen LogP contribution in [0.2, 0.25) is 0 Å². The van der Waals surface area contributed by atoms with Gasteiger partial charge in [-0.25, -0.2) is 9.97 Å². The summed E-state index contributed by atoms with van der Waals surface area (Å²) in [5.41, 5.74) is 1.09. The van der Waals surface area contributed by atoms with Crippen LogP contribution in [0.25, 0.3) is 11.0 Å². The summed E-state index contributed by atoms with van der Waals surface area (Å²) >= 11 is 0. The molecule has 128 valence electrons. The van der Waals surface area contributed by atoms with Gasteiger partial charge in [-0.1, -0.05) is 5.16 Å². The van der Waals surface area contributed by atoms with Crippen LogP contribution in [0.15, 0.2) is 33.7 Å². The fraction of sp³-hybridized carbons (Fsp3) is 0.353. The highest BCUT2D eigenvalue weighted by molar-refractivity contribution is 6.02. The SMILES string of the molecule is Cc1nc(C2CCN(C(=O)c3onc4ncccc34)CC2)cc(=O)[nH]1. The van der Waals surface area contributed by atoms with E-state index in [4.69, 9.17) is 4.52 Å². The normalized spacial score (nSPS) is 15.6. The number of aromatic nitrogens is 4. The molecule has 3 aromatic rings. The van der Waals surface area contributed by atoms with E-state index in [0.717, 1.165) is 18.5 Å². The molecule has 4 heterocycles. The number of pyridine rings is 1. The molecular formula is C17H17N5O3. The van der Waals surface area contributed by atoms with Crippen LogP contribution in [0.1, 0.15) is 40.8 Å². The van der Waals surface area contributed by atoms with Gasteiger partial charge in [-0.15, -0.1) is 0 Å². The van der Waals surface area contributed by atoms with E-state index in [0.29, 0.717) is 29.9 Å². The Hall–Kier alpha value is -3.03. The fourth-order valence-corrected chi connectivity index (χ4v) is 3.27. The van der Waals surface area contributed by atoms with Gasteiger partial charge in [0, 0.05) is 31.3 Å². The summed E-state index contributed by atoms with van der Waals surface area (Å²) in [6.07, 6.45) is 3.12. The number of piperidine rings is 1. The molecule has 8 nitrogen and oxygen atoms in total. The molecule has 1 fully saturated rings. The maximum atomic E-state index is 12.7. The minimum absolute atomic E-state index is 0.137. The fourth-order valence-electron chi connectivity index (χ4n) is 3.27. The Morgan fingerprint density at radius 3 is 2.92 bits per heavy atom. The van der Waals surface area contributed by atoms with E-state index >= 15 is 0 Å². The van der Waals surface area contributed by atoms with Crippen LogP contribution < -0.4 is 5.56 Å². The Kier molecular flexibility index (Phi) is 3.79. The maximum absolute atomic E-state index is 12.7. The summed E-state index contributed by atoms with van der Waals surface area (Å²) in [6, 6.07) is 5.08. The van der Waals surface area contributed by atoms with Gasteiger partial charge >= 0.3 is 0 Å². The lowest BCUT2D eigenvalue weighted by molar-refractivity contribution is 0.0673. The monoisotopic (exact) mass is 339 g/mol. The predicted molar refractivity (Wildman–Crippen MR) is 89.3 cm³/mol. The molecule has 1 aliphatic heterocycles. The van der Waals surface area contributed by atoms with Gasteiger partial charge in [-0.2, -0.15) is 0 Å². The standard InChI is InChI=1S/C17H17N5O3/c1-10-19-13(9-14(23)20-10)11-4-7-22(8-5-11)17(24)15-12-3-2-6-18-16(12)21-25-15/h2-3,6,9,11H,4-5,7-8H2,1H3,(H,19,20,23). The first kappa shape index (κ1) is 15.5. The van der Waals surface area contributed by atoms with Gasteiger partial charge in [0.05, 0.1) is 11.1 Å². The number of aromatic amines is 1. The highest BCUT2D eigenvalue weighted by atomic mass is 16.5. The van der Waals surface area contributed by atoms with E-state index in [-0.39, 0.29) is 23.1 Å². The van der Waals surface area contributed by atoms with Gasteiger partial charge in [0.1, 0.15) is 5.82 Å². The Morgan fingerprint density at radius 2 is 2.16 bits per heavy atom. The first-order valence-corrected chi connectivity index (χ1v) is 8.19. The van der Waals surface area contributed by atoms with E-state index in [9.17, 15) is 9.59 Å². The third-order valence-corrected chi connectivity index (χ3v) is 4.53. The smallest absolute Gasteiger partial charge is 0.293 e. The Morgan fingerprint density at radius 1 is 1.36 bits per heavy atom. The van der Waals surface area contributed by atoms with Crippen LogP contribution in [0.4, 0.5) is 0 Å². The highest BCUT2D eigenvalue weighted by Crippen LogP contribution is 2.27. The Labute approximate surface area is 142 Å². The Balaban J connectivity index is 1.50. The van der Waals surface area contributed by atoms with Gasteiger partial charge in [0.25, 0.3) is 11.5 Å². The molecule has 0 aromatic carbocycles. The molecule has 3 aromatic heterocycles. The molecule has 1 N–H and O–H groups in total. The van der Waals surface area contributed by atoms with Gasteiger partial charge in [-0.05, 0) is 31.9 Å². The van der Waals surface area contributed by atoms with Crippen LogP contribution >= 0.6 is 0 Å². The van der Waals surface area contributed by atoms with E-state index < -0.39 is 0 Å². The van der Waals surface area contributed by atoms with Crippen molar-refractivity contribution in [3.63, 3.8) is 0 Å². The van der Waals surface area contributed by atoms with Crippen molar-refractivity contribution in [1.29, 1.82) is 0 Å². The van der Waals surface area contributed by atoms with Gasteiger partial charge < -0.3 is 14.4 Å². The molecule has 0 atom stereocenters. The number of fused-ring (bicyclic) bond motifs is 1. The molecule has 4 rings (SSSR count). The van der Waals surface area contributed by atoms with Crippen LogP contribution in [0.3, 0.4) is 0 Å². The van der Waals surface area contributed by atoms with Gasteiger partial charge in [0.2, 0.25) is 11.4 Å². The summed E-state index contributed by atoms with van der Waals surface area (Å²) in [5, 5.41) is 4.46. The number of carbonyl (C=O) groups excluding carboxylic acids is 1. The van der Waals surface area contributed by atoms with Gasteiger partial charge in [-0.3, -0.25) is 9.59 Å². The van der Waals surface area contributed by atoms with Crippen molar-refractivity contribution in [3.8, 4) is 0 Å². The predicted octanol–water partition coefficient (Wildman–Crippen LogP) is 1.63. The molecule has 25 heavy (non-hydrogen) atoms. The quantitative estimate of drug-likeness (QED) is 0.761. The second-order valence-electron chi connectivity index (χ2n) is 6.21. The van der Waals surface area contributed by atoms with E-state index in [1.54, 1.807) is 36.2 Å². The summed E-state index contributed by atoms with van der Waals surface area (Å²) in [4.78, 5) is 37.3. The van der Waals surface area contributed by atoms with E-state index in [1.165, 1.54) is 0 Å². The number of carbonyl (C=O) groups is 1. The summed E-state index contributed by atoms with van der Waals surface area (Å²) in [6.45, 7) is 2.94. The topological polar surface area (TPSA) is 105 Å². The second kappa shape index (κ2) is 6.12. The average molecular weight is 339 g/mol. The number of H-pyrrole nitrogens is 1. The number of likely N-dealkylation sites (tertiary alicyclic amines) is 1. The molecule has 0 spiro atoms. The van der Waals surface area contributed by atoms with Crippen molar-refractivity contribution in [3.05, 3.63) is 52.0 Å². The molecule has 1 amide bonds. The molecule has 0 unspecified atom stereocenters. The highest BCUT2D eigenvalue weighted by Gasteiger charge is 2.28. The number of hydrogen-bond donors (Lipinski definition) is 1. The van der Waals surface area contributed by atoms with Crippen LogP contribution in [0, 0.1) is 6.92 Å². The van der Waals surface area contributed by atoms with Crippen molar-refractivity contribution in [2.24, 2.45) is 0 Å². The minimum atomic E-state index is -0.177. The summed E-state index contributed by atoms with van der Waals surface area (Å²) in [7, 11) is 0. The Bertz CT molecular complexity index is 985. The summed E-state index contributed by atoms with van der Waals surface area (Å²) in [5.74, 6) is 0.843. The minimum Gasteiger partial charge on any atom is -0.348 e. The number of nitrogens with zero attached hydrogens (tertiary/aromatic N) is 4. The van der Waals surface area contributed by atoms with Crippen LogP contribution in [-0.4, -0.2) is 44.0 Å². The van der Waals surface area contributed by atoms with Crippen molar-refractivity contribution < 1.29 is 9.32 Å². The van der Waals surface area contributed by atoms with Crippen molar-refractivity contribution in [2.75, 3.05) is 13.1 Å². The van der Waals surface area contributed by atoms with Crippen LogP contribution in [-0.2, 0) is 0 Å². The molecule has 0 saturated carbocycles. The number of hydrogen-bond acceptors (Lipinski definition) is 6. The average Bonchev–Trinajstić information content (AvgIpc) is 3.04.